The van der Waals surface area contributed by atoms with Crippen LogP contribution in [0.3, 0.4) is 0 Å². The van der Waals surface area contributed by atoms with Crippen LogP contribution in [0.5, 0.6) is 0 Å². The molecule has 0 amide bonds. The second kappa shape index (κ2) is 6.66. The third-order valence-electron chi connectivity index (χ3n) is 3.29. The van der Waals surface area contributed by atoms with Crippen LogP contribution < -0.4 is 5.73 Å². The molecular formula is C15H22FNO2. The largest absolute Gasteiger partial charge is 0.469 e. The molecule has 2 atom stereocenters. The van der Waals surface area contributed by atoms with Crippen molar-refractivity contribution in [3.05, 3.63) is 34.6 Å². The van der Waals surface area contributed by atoms with Gasteiger partial charge in [0, 0.05) is 12.5 Å². The summed E-state index contributed by atoms with van der Waals surface area (Å²) in [5.74, 6) is -0.280. The average molecular weight is 267 g/mol. The minimum Gasteiger partial charge on any atom is -0.469 e. The number of esters is 1. The van der Waals surface area contributed by atoms with E-state index in [0.29, 0.717) is 24.0 Å². The smallest absolute Gasteiger partial charge is 0.305 e. The Labute approximate surface area is 113 Å². The van der Waals surface area contributed by atoms with E-state index in [1.54, 1.807) is 26.0 Å². The lowest BCUT2D eigenvalue weighted by atomic mass is 9.92. The number of halogens is 1. The number of hydrogen-bond donors (Lipinski definition) is 1. The van der Waals surface area contributed by atoms with E-state index in [1.165, 1.54) is 7.11 Å². The fourth-order valence-corrected chi connectivity index (χ4v) is 2.21. The van der Waals surface area contributed by atoms with Gasteiger partial charge in [0.1, 0.15) is 5.82 Å². The molecule has 0 aliphatic carbocycles. The standard InChI is InChI=1S/C15H22FNO2/c1-9(6-14(18)19-4)5-13(17)12-7-10(2)15(16)11(3)8-12/h7-9,13H,5-6,17H2,1-4H3. The summed E-state index contributed by atoms with van der Waals surface area (Å²) in [6.45, 7) is 5.42. The number of carbonyl (C=O) groups is 1. The first kappa shape index (κ1) is 15.6. The van der Waals surface area contributed by atoms with Gasteiger partial charge in [-0.1, -0.05) is 19.1 Å². The molecule has 4 heteroatoms. The van der Waals surface area contributed by atoms with Crippen LogP contribution in [-0.4, -0.2) is 13.1 Å². The third kappa shape index (κ3) is 4.31. The number of benzene rings is 1. The molecule has 3 nitrogen and oxygen atoms in total. The monoisotopic (exact) mass is 267 g/mol. The Bertz CT molecular complexity index is 436. The lowest BCUT2D eigenvalue weighted by Gasteiger charge is -2.18. The van der Waals surface area contributed by atoms with E-state index < -0.39 is 0 Å². The molecule has 1 aromatic carbocycles. The second-order valence-electron chi connectivity index (χ2n) is 5.20. The van der Waals surface area contributed by atoms with Crippen molar-refractivity contribution in [1.82, 2.24) is 0 Å². The molecule has 0 radical (unpaired) electrons. The number of rotatable bonds is 5. The molecule has 0 spiro atoms. The van der Waals surface area contributed by atoms with E-state index in [2.05, 4.69) is 4.74 Å². The highest BCUT2D eigenvalue weighted by atomic mass is 19.1. The fourth-order valence-electron chi connectivity index (χ4n) is 2.21. The Hall–Kier alpha value is -1.42. The molecule has 0 aliphatic rings. The maximum atomic E-state index is 13.6. The van der Waals surface area contributed by atoms with Gasteiger partial charge in [0.25, 0.3) is 0 Å². The van der Waals surface area contributed by atoms with Gasteiger partial charge in [-0.15, -0.1) is 0 Å². The maximum Gasteiger partial charge on any atom is 0.305 e. The van der Waals surface area contributed by atoms with E-state index in [1.807, 2.05) is 6.92 Å². The van der Waals surface area contributed by atoms with Crippen LogP contribution >= 0.6 is 0 Å². The molecule has 0 bridgehead atoms. The Kier molecular flexibility index (Phi) is 5.48. The second-order valence-corrected chi connectivity index (χ2v) is 5.20. The van der Waals surface area contributed by atoms with E-state index in [-0.39, 0.29) is 23.7 Å². The third-order valence-corrected chi connectivity index (χ3v) is 3.29. The number of methoxy groups -OCH3 is 1. The topological polar surface area (TPSA) is 52.3 Å². The fraction of sp³-hybridized carbons (Fsp3) is 0.533. The normalized spacial score (nSPS) is 14.0. The van der Waals surface area contributed by atoms with Crippen LogP contribution in [-0.2, 0) is 9.53 Å². The highest BCUT2D eigenvalue weighted by molar-refractivity contribution is 5.69. The predicted octanol–water partition coefficient (Wildman–Crippen LogP) is 3.03. The lowest BCUT2D eigenvalue weighted by Crippen LogP contribution is -2.17. The Balaban J connectivity index is 2.73. The Morgan fingerprint density at radius 3 is 2.37 bits per heavy atom. The number of carbonyl (C=O) groups excluding carboxylic acids is 1. The van der Waals surface area contributed by atoms with Crippen molar-refractivity contribution < 1.29 is 13.9 Å². The van der Waals surface area contributed by atoms with Crippen LogP contribution in [0.15, 0.2) is 12.1 Å². The number of aryl methyl sites for hydroxylation is 2. The van der Waals surface area contributed by atoms with Crippen LogP contribution in [0, 0.1) is 25.6 Å². The number of nitrogens with two attached hydrogens (primary N) is 1. The molecule has 0 aromatic heterocycles. The Morgan fingerprint density at radius 2 is 1.89 bits per heavy atom. The van der Waals surface area contributed by atoms with Gasteiger partial charge in [-0.3, -0.25) is 4.79 Å². The van der Waals surface area contributed by atoms with E-state index >= 15 is 0 Å². The van der Waals surface area contributed by atoms with Crippen molar-refractivity contribution in [1.29, 1.82) is 0 Å². The SMILES string of the molecule is COC(=O)CC(C)CC(N)c1cc(C)c(F)c(C)c1. The maximum absolute atomic E-state index is 13.6. The molecule has 0 aliphatic heterocycles. The first-order chi connectivity index (χ1) is 8.85. The van der Waals surface area contributed by atoms with Gasteiger partial charge in [-0.05, 0) is 42.9 Å². The highest BCUT2D eigenvalue weighted by Gasteiger charge is 2.16. The van der Waals surface area contributed by atoms with Gasteiger partial charge in [0.15, 0.2) is 0 Å². The number of hydrogen-bond acceptors (Lipinski definition) is 3. The quantitative estimate of drug-likeness (QED) is 0.834. The summed E-state index contributed by atoms with van der Waals surface area (Å²) in [5, 5.41) is 0. The van der Waals surface area contributed by atoms with Crippen molar-refractivity contribution in [3.63, 3.8) is 0 Å². The molecule has 0 heterocycles. The lowest BCUT2D eigenvalue weighted by molar-refractivity contribution is -0.141. The first-order valence-electron chi connectivity index (χ1n) is 6.44. The van der Waals surface area contributed by atoms with Crippen molar-refractivity contribution >= 4 is 5.97 Å². The van der Waals surface area contributed by atoms with Gasteiger partial charge in [0.05, 0.1) is 7.11 Å². The molecule has 0 saturated carbocycles. The van der Waals surface area contributed by atoms with Crippen molar-refractivity contribution in [3.8, 4) is 0 Å². The summed E-state index contributed by atoms with van der Waals surface area (Å²) >= 11 is 0. The van der Waals surface area contributed by atoms with Crippen LogP contribution in [0.1, 0.15) is 42.5 Å². The summed E-state index contributed by atoms with van der Waals surface area (Å²) in [6, 6.07) is 3.35. The van der Waals surface area contributed by atoms with Crippen LogP contribution in [0.25, 0.3) is 0 Å². The first-order valence-corrected chi connectivity index (χ1v) is 6.44. The predicted molar refractivity (Wildman–Crippen MR) is 73.2 cm³/mol. The number of ether oxygens (including phenoxy) is 1. The molecule has 0 saturated heterocycles. The van der Waals surface area contributed by atoms with E-state index in [9.17, 15) is 9.18 Å². The van der Waals surface area contributed by atoms with Crippen LogP contribution in [0.4, 0.5) is 4.39 Å². The van der Waals surface area contributed by atoms with Gasteiger partial charge in [-0.2, -0.15) is 0 Å². The minimum absolute atomic E-state index is 0.133. The van der Waals surface area contributed by atoms with Crippen LogP contribution in [0.2, 0.25) is 0 Å². The van der Waals surface area contributed by atoms with Crippen molar-refractivity contribution in [2.45, 2.75) is 39.7 Å². The minimum atomic E-state index is -0.230. The molecule has 19 heavy (non-hydrogen) atoms. The van der Waals surface area contributed by atoms with E-state index in [0.717, 1.165) is 5.56 Å². The zero-order chi connectivity index (χ0) is 14.6. The molecule has 0 fully saturated rings. The summed E-state index contributed by atoms with van der Waals surface area (Å²) in [5.41, 5.74) is 8.24. The zero-order valence-corrected chi connectivity index (χ0v) is 12.0. The zero-order valence-electron chi connectivity index (χ0n) is 12.0. The molecule has 1 aromatic rings. The molecule has 2 N–H and O–H groups in total. The van der Waals surface area contributed by atoms with Gasteiger partial charge >= 0.3 is 5.97 Å². The average Bonchev–Trinajstić information content (AvgIpc) is 2.34. The Morgan fingerprint density at radius 1 is 1.37 bits per heavy atom. The van der Waals surface area contributed by atoms with Gasteiger partial charge < -0.3 is 10.5 Å². The molecule has 1 rings (SSSR count). The molecule has 106 valence electrons. The summed E-state index contributed by atoms with van der Waals surface area (Å²) in [4.78, 5) is 11.2. The van der Waals surface area contributed by atoms with Crippen molar-refractivity contribution in [2.24, 2.45) is 11.7 Å². The van der Waals surface area contributed by atoms with Gasteiger partial charge in [0.2, 0.25) is 0 Å². The summed E-state index contributed by atoms with van der Waals surface area (Å²) in [6.07, 6.45) is 1.02. The van der Waals surface area contributed by atoms with Gasteiger partial charge in [-0.25, -0.2) is 4.39 Å². The van der Waals surface area contributed by atoms with E-state index in [4.69, 9.17) is 5.73 Å². The summed E-state index contributed by atoms with van der Waals surface area (Å²) < 4.78 is 18.2. The highest BCUT2D eigenvalue weighted by Crippen LogP contribution is 2.24. The molecular weight excluding hydrogens is 245 g/mol. The van der Waals surface area contributed by atoms with Crippen molar-refractivity contribution in [2.75, 3.05) is 7.11 Å². The summed E-state index contributed by atoms with van der Waals surface area (Å²) in [7, 11) is 1.38. The molecule has 2 unspecified atom stereocenters.